The fourth-order valence-electron chi connectivity index (χ4n) is 2.12. The van der Waals surface area contributed by atoms with Crippen LogP contribution in [-0.2, 0) is 17.6 Å². The molecule has 0 radical (unpaired) electrons. The predicted molar refractivity (Wildman–Crippen MR) is 75.6 cm³/mol. The van der Waals surface area contributed by atoms with Crippen LogP contribution in [0.4, 0.5) is 13.2 Å². The van der Waals surface area contributed by atoms with Gasteiger partial charge in [-0.1, -0.05) is 35.9 Å². The molecule has 0 spiro atoms. The maximum absolute atomic E-state index is 13.1. The number of alkyl halides is 3. The van der Waals surface area contributed by atoms with Gasteiger partial charge in [-0.2, -0.15) is 13.2 Å². The first-order chi connectivity index (χ1) is 9.82. The number of aryl methyl sites for hydroxylation is 1. The number of nitrogens with two attached hydrogens (primary N) is 1. The summed E-state index contributed by atoms with van der Waals surface area (Å²) in [7, 11) is 0. The average Bonchev–Trinajstić information content (AvgIpc) is 2.40. The molecule has 6 heteroatoms. The molecule has 0 unspecified atom stereocenters. The Morgan fingerprint density at radius 1 is 1.14 bits per heavy atom. The zero-order chi connectivity index (χ0) is 15.6. The molecule has 112 valence electrons. The van der Waals surface area contributed by atoms with E-state index < -0.39 is 11.7 Å². The van der Waals surface area contributed by atoms with E-state index in [1.807, 2.05) is 0 Å². The standard InChI is InChI=1S/C15H13ClF3NO/c1-9-6-10(2-3-11(9)8-21-20)13-5-4-12(16)7-14(13)15(17,18)19/h2-7H,8,20H2,1H3. The third-order valence-electron chi connectivity index (χ3n) is 3.18. The van der Waals surface area contributed by atoms with Gasteiger partial charge in [0.05, 0.1) is 12.2 Å². The van der Waals surface area contributed by atoms with Crippen LogP contribution >= 0.6 is 11.6 Å². The van der Waals surface area contributed by atoms with Crippen LogP contribution in [0.3, 0.4) is 0 Å². The van der Waals surface area contributed by atoms with Crippen molar-refractivity contribution in [3.05, 3.63) is 58.1 Å². The van der Waals surface area contributed by atoms with E-state index in [1.165, 1.54) is 12.1 Å². The number of hydrogen-bond donors (Lipinski definition) is 1. The van der Waals surface area contributed by atoms with E-state index in [2.05, 4.69) is 4.84 Å². The number of rotatable bonds is 3. The second-order valence-electron chi connectivity index (χ2n) is 4.64. The van der Waals surface area contributed by atoms with E-state index in [4.69, 9.17) is 17.5 Å². The molecule has 0 aliphatic carbocycles. The maximum Gasteiger partial charge on any atom is 0.417 e. The minimum Gasteiger partial charge on any atom is -0.300 e. The van der Waals surface area contributed by atoms with E-state index in [0.29, 0.717) is 5.56 Å². The zero-order valence-corrected chi connectivity index (χ0v) is 11.9. The van der Waals surface area contributed by atoms with Crippen LogP contribution in [0, 0.1) is 6.92 Å². The molecular formula is C15H13ClF3NO. The smallest absolute Gasteiger partial charge is 0.300 e. The van der Waals surface area contributed by atoms with Gasteiger partial charge >= 0.3 is 6.18 Å². The fraction of sp³-hybridized carbons (Fsp3) is 0.200. The summed E-state index contributed by atoms with van der Waals surface area (Å²) in [6.07, 6.45) is -4.47. The molecule has 0 saturated heterocycles. The summed E-state index contributed by atoms with van der Waals surface area (Å²) >= 11 is 5.68. The molecule has 0 aliphatic rings. The Labute approximate surface area is 125 Å². The zero-order valence-electron chi connectivity index (χ0n) is 11.2. The molecule has 0 bridgehead atoms. The molecule has 2 aromatic carbocycles. The van der Waals surface area contributed by atoms with Gasteiger partial charge < -0.3 is 0 Å². The highest BCUT2D eigenvalue weighted by molar-refractivity contribution is 6.30. The minimum atomic E-state index is -4.47. The molecule has 2 N–H and O–H groups in total. The highest BCUT2D eigenvalue weighted by Gasteiger charge is 2.33. The van der Waals surface area contributed by atoms with Crippen LogP contribution in [-0.4, -0.2) is 0 Å². The first-order valence-electron chi connectivity index (χ1n) is 6.11. The van der Waals surface area contributed by atoms with Crippen LogP contribution < -0.4 is 5.90 Å². The highest BCUT2D eigenvalue weighted by atomic mass is 35.5. The highest BCUT2D eigenvalue weighted by Crippen LogP contribution is 2.38. The molecule has 0 aliphatic heterocycles. The SMILES string of the molecule is Cc1cc(-c2ccc(Cl)cc2C(F)(F)F)ccc1CON. The number of hydrogen-bond acceptors (Lipinski definition) is 2. The average molecular weight is 316 g/mol. The Bertz CT molecular complexity index is 656. The summed E-state index contributed by atoms with van der Waals surface area (Å²) in [6, 6.07) is 8.74. The lowest BCUT2D eigenvalue weighted by molar-refractivity contribution is -0.137. The van der Waals surface area contributed by atoms with Crippen LogP contribution in [0.5, 0.6) is 0 Å². The van der Waals surface area contributed by atoms with Gasteiger partial charge in [0.2, 0.25) is 0 Å². The molecular weight excluding hydrogens is 303 g/mol. The van der Waals surface area contributed by atoms with Gasteiger partial charge in [-0.05, 0) is 41.3 Å². The van der Waals surface area contributed by atoms with Crippen LogP contribution in [0.2, 0.25) is 5.02 Å². The molecule has 0 amide bonds. The van der Waals surface area contributed by atoms with Crippen molar-refractivity contribution in [3.63, 3.8) is 0 Å². The maximum atomic E-state index is 13.1. The summed E-state index contributed by atoms with van der Waals surface area (Å²) in [6.45, 7) is 2.00. The van der Waals surface area contributed by atoms with Gasteiger partial charge in [0, 0.05) is 5.02 Å². The Hall–Kier alpha value is -1.56. The van der Waals surface area contributed by atoms with E-state index in [1.54, 1.807) is 25.1 Å². The third-order valence-corrected chi connectivity index (χ3v) is 3.41. The molecule has 0 fully saturated rings. The normalized spacial score (nSPS) is 11.7. The van der Waals surface area contributed by atoms with Gasteiger partial charge in [-0.25, -0.2) is 5.90 Å². The van der Waals surface area contributed by atoms with Crippen molar-refractivity contribution in [2.75, 3.05) is 0 Å². The quantitative estimate of drug-likeness (QED) is 0.831. The molecule has 2 aromatic rings. The Morgan fingerprint density at radius 2 is 1.86 bits per heavy atom. The minimum absolute atomic E-state index is 0.0518. The molecule has 0 aromatic heterocycles. The second kappa shape index (κ2) is 6.05. The van der Waals surface area contributed by atoms with Gasteiger partial charge in [0.15, 0.2) is 0 Å². The summed E-state index contributed by atoms with van der Waals surface area (Å²) in [5.41, 5.74) is 1.44. The van der Waals surface area contributed by atoms with Crippen LogP contribution in [0.15, 0.2) is 36.4 Å². The molecule has 21 heavy (non-hydrogen) atoms. The molecule has 2 nitrogen and oxygen atoms in total. The van der Waals surface area contributed by atoms with E-state index >= 15 is 0 Å². The second-order valence-corrected chi connectivity index (χ2v) is 5.08. The predicted octanol–water partition coefficient (Wildman–Crippen LogP) is 4.72. The van der Waals surface area contributed by atoms with Crippen LogP contribution in [0.1, 0.15) is 16.7 Å². The van der Waals surface area contributed by atoms with Crippen molar-refractivity contribution in [1.82, 2.24) is 0 Å². The van der Waals surface area contributed by atoms with Gasteiger partial charge in [0.1, 0.15) is 0 Å². The summed E-state index contributed by atoms with van der Waals surface area (Å²) < 4.78 is 39.4. The lowest BCUT2D eigenvalue weighted by Gasteiger charge is -2.15. The Morgan fingerprint density at radius 3 is 2.43 bits per heavy atom. The van der Waals surface area contributed by atoms with Crippen molar-refractivity contribution >= 4 is 11.6 Å². The summed E-state index contributed by atoms with van der Waals surface area (Å²) in [4.78, 5) is 4.55. The topological polar surface area (TPSA) is 35.2 Å². The van der Waals surface area contributed by atoms with E-state index in [-0.39, 0.29) is 17.2 Å². The molecule has 0 atom stereocenters. The van der Waals surface area contributed by atoms with E-state index in [0.717, 1.165) is 17.2 Å². The van der Waals surface area contributed by atoms with Crippen molar-refractivity contribution in [2.24, 2.45) is 5.90 Å². The first kappa shape index (κ1) is 15.8. The lowest BCUT2D eigenvalue weighted by Crippen LogP contribution is -2.07. The van der Waals surface area contributed by atoms with Gasteiger partial charge in [-0.15, -0.1) is 0 Å². The van der Waals surface area contributed by atoms with Gasteiger partial charge in [0.25, 0.3) is 0 Å². The van der Waals surface area contributed by atoms with E-state index in [9.17, 15) is 13.2 Å². The number of halogens is 4. The molecule has 2 rings (SSSR count). The molecule has 0 heterocycles. The van der Waals surface area contributed by atoms with Crippen LogP contribution in [0.25, 0.3) is 11.1 Å². The fourth-order valence-corrected chi connectivity index (χ4v) is 2.29. The van der Waals surface area contributed by atoms with Crippen molar-refractivity contribution in [1.29, 1.82) is 0 Å². The Balaban J connectivity index is 2.54. The largest absolute Gasteiger partial charge is 0.417 e. The monoisotopic (exact) mass is 315 g/mol. The van der Waals surface area contributed by atoms with Crippen molar-refractivity contribution in [2.45, 2.75) is 19.7 Å². The van der Waals surface area contributed by atoms with Crippen molar-refractivity contribution < 1.29 is 18.0 Å². The third kappa shape index (κ3) is 3.56. The van der Waals surface area contributed by atoms with Crippen molar-refractivity contribution in [3.8, 4) is 11.1 Å². The molecule has 0 saturated carbocycles. The summed E-state index contributed by atoms with van der Waals surface area (Å²) in [5.74, 6) is 5.01. The lowest BCUT2D eigenvalue weighted by atomic mass is 9.96. The number of benzene rings is 2. The first-order valence-corrected chi connectivity index (χ1v) is 6.49. The van der Waals surface area contributed by atoms with Gasteiger partial charge in [-0.3, -0.25) is 4.84 Å². The Kier molecular flexibility index (Phi) is 4.56. The summed E-state index contributed by atoms with van der Waals surface area (Å²) in [5, 5.41) is 0.0518.